The molecular weight excluding hydrogens is 392 g/mol. The van der Waals surface area contributed by atoms with Crippen molar-refractivity contribution < 1.29 is 14.4 Å². The Morgan fingerprint density at radius 2 is 1.69 bits per heavy atom. The van der Waals surface area contributed by atoms with Gasteiger partial charge in [0.05, 0.1) is 11.1 Å². The lowest BCUT2D eigenvalue weighted by molar-refractivity contribution is -0.122. The second kappa shape index (κ2) is 7.52. The molecule has 0 saturated carbocycles. The van der Waals surface area contributed by atoms with Crippen LogP contribution < -0.4 is 5.32 Å². The predicted molar refractivity (Wildman–Crippen MR) is 106 cm³/mol. The third-order valence-electron chi connectivity index (χ3n) is 4.81. The SMILES string of the molecule is Cn1ccnc1[C@H](NC(=O)CN1C(=O)c2ccccc2C1=O)c1ccc(Cl)cc1. The third-order valence-corrected chi connectivity index (χ3v) is 5.06. The topological polar surface area (TPSA) is 84.3 Å². The normalized spacial score (nSPS) is 14.1. The van der Waals surface area contributed by atoms with Crippen LogP contribution in [0.15, 0.2) is 60.9 Å². The largest absolute Gasteiger partial charge is 0.341 e. The summed E-state index contributed by atoms with van der Waals surface area (Å²) in [6.07, 6.45) is 3.41. The van der Waals surface area contributed by atoms with Gasteiger partial charge in [-0.1, -0.05) is 35.9 Å². The van der Waals surface area contributed by atoms with Crippen LogP contribution in [0.3, 0.4) is 0 Å². The zero-order valence-electron chi connectivity index (χ0n) is 15.5. The van der Waals surface area contributed by atoms with Gasteiger partial charge in [-0.3, -0.25) is 19.3 Å². The van der Waals surface area contributed by atoms with Crippen LogP contribution in [0, 0.1) is 0 Å². The molecule has 1 atom stereocenters. The molecule has 0 fully saturated rings. The number of hydrogen-bond acceptors (Lipinski definition) is 4. The number of rotatable bonds is 5. The molecule has 3 aromatic rings. The van der Waals surface area contributed by atoms with Gasteiger partial charge < -0.3 is 9.88 Å². The summed E-state index contributed by atoms with van der Waals surface area (Å²) >= 11 is 5.98. The summed E-state index contributed by atoms with van der Waals surface area (Å²) in [7, 11) is 1.82. The van der Waals surface area contributed by atoms with E-state index in [0.717, 1.165) is 10.5 Å². The molecule has 7 nitrogen and oxygen atoms in total. The average molecular weight is 409 g/mol. The standard InChI is InChI=1S/C21H17ClN4O3/c1-25-11-10-23-19(25)18(13-6-8-14(22)9-7-13)24-17(27)12-26-20(28)15-4-2-3-5-16(15)21(26)29/h2-11,18H,12H2,1H3,(H,24,27)/t18-/m1/s1. The summed E-state index contributed by atoms with van der Waals surface area (Å²) in [6.45, 7) is -0.374. The smallest absolute Gasteiger partial charge is 0.262 e. The minimum atomic E-state index is -0.560. The monoisotopic (exact) mass is 408 g/mol. The molecule has 0 saturated heterocycles. The Hall–Kier alpha value is -3.45. The van der Waals surface area contributed by atoms with Gasteiger partial charge in [0.15, 0.2) is 0 Å². The highest BCUT2D eigenvalue weighted by Crippen LogP contribution is 2.24. The van der Waals surface area contributed by atoms with E-state index in [-0.39, 0.29) is 6.54 Å². The van der Waals surface area contributed by atoms with Gasteiger partial charge in [-0.2, -0.15) is 0 Å². The molecule has 3 amide bonds. The Morgan fingerprint density at radius 3 is 2.24 bits per heavy atom. The molecule has 2 heterocycles. The maximum Gasteiger partial charge on any atom is 0.262 e. The zero-order valence-corrected chi connectivity index (χ0v) is 16.3. The Morgan fingerprint density at radius 1 is 1.07 bits per heavy atom. The number of imidazole rings is 1. The number of halogens is 1. The minimum absolute atomic E-state index is 0.309. The van der Waals surface area contributed by atoms with Gasteiger partial charge >= 0.3 is 0 Å². The van der Waals surface area contributed by atoms with E-state index in [0.29, 0.717) is 22.0 Å². The Labute approximate surface area is 171 Å². The molecule has 0 unspecified atom stereocenters. The highest BCUT2D eigenvalue weighted by Gasteiger charge is 2.36. The first-order valence-electron chi connectivity index (χ1n) is 8.93. The molecule has 0 bridgehead atoms. The van der Waals surface area contributed by atoms with Crippen LogP contribution in [0.4, 0.5) is 0 Å². The van der Waals surface area contributed by atoms with E-state index in [1.165, 1.54) is 0 Å². The first-order valence-corrected chi connectivity index (χ1v) is 9.31. The molecule has 0 aliphatic carbocycles. The molecule has 1 aliphatic heterocycles. The number of benzene rings is 2. The number of nitrogens with one attached hydrogen (secondary N) is 1. The van der Waals surface area contributed by atoms with Gasteiger partial charge in [0.2, 0.25) is 5.91 Å². The molecule has 146 valence electrons. The molecule has 29 heavy (non-hydrogen) atoms. The summed E-state index contributed by atoms with van der Waals surface area (Å²) in [5, 5.41) is 3.45. The van der Waals surface area contributed by atoms with Crippen LogP contribution in [0.25, 0.3) is 0 Å². The summed E-state index contributed by atoms with van der Waals surface area (Å²) in [5.74, 6) is -0.799. The fourth-order valence-corrected chi connectivity index (χ4v) is 3.47. The lowest BCUT2D eigenvalue weighted by atomic mass is 10.1. The number of carbonyl (C=O) groups excluding carboxylic acids is 3. The number of nitrogens with zero attached hydrogens (tertiary/aromatic N) is 3. The highest BCUT2D eigenvalue weighted by molar-refractivity contribution is 6.30. The van der Waals surface area contributed by atoms with Crippen molar-refractivity contribution in [1.29, 1.82) is 0 Å². The number of amides is 3. The van der Waals surface area contributed by atoms with Crippen molar-refractivity contribution in [2.75, 3.05) is 6.54 Å². The first kappa shape index (κ1) is 18.9. The summed E-state index contributed by atoms with van der Waals surface area (Å²) in [5.41, 5.74) is 1.40. The second-order valence-electron chi connectivity index (χ2n) is 6.69. The van der Waals surface area contributed by atoms with E-state index in [9.17, 15) is 14.4 Å². The fraction of sp³-hybridized carbons (Fsp3) is 0.143. The second-order valence-corrected chi connectivity index (χ2v) is 7.13. The molecular formula is C21H17ClN4O3. The van der Waals surface area contributed by atoms with Crippen LogP contribution >= 0.6 is 11.6 Å². The van der Waals surface area contributed by atoms with E-state index in [4.69, 9.17) is 11.6 Å². The predicted octanol–water partition coefficient (Wildman–Crippen LogP) is 2.58. The van der Waals surface area contributed by atoms with Crippen molar-refractivity contribution >= 4 is 29.3 Å². The summed E-state index contributed by atoms with van der Waals surface area (Å²) in [6, 6.07) is 13.0. The number of fused-ring (bicyclic) bond motifs is 1. The van der Waals surface area contributed by atoms with Crippen LogP contribution in [-0.2, 0) is 11.8 Å². The summed E-state index contributed by atoms with van der Waals surface area (Å²) in [4.78, 5) is 43.1. The lowest BCUT2D eigenvalue weighted by Gasteiger charge is -2.21. The van der Waals surface area contributed by atoms with E-state index in [1.54, 1.807) is 65.5 Å². The number of aromatic nitrogens is 2. The Balaban J connectivity index is 1.56. The van der Waals surface area contributed by atoms with Gasteiger partial charge in [0.25, 0.3) is 11.8 Å². The van der Waals surface area contributed by atoms with Gasteiger partial charge in [0, 0.05) is 24.5 Å². The first-order chi connectivity index (χ1) is 14.0. The van der Waals surface area contributed by atoms with E-state index in [1.807, 2.05) is 7.05 Å². The van der Waals surface area contributed by atoms with Gasteiger partial charge in [-0.05, 0) is 29.8 Å². The molecule has 2 aromatic carbocycles. The maximum absolute atomic E-state index is 12.8. The molecule has 1 aromatic heterocycles. The minimum Gasteiger partial charge on any atom is -0.341 e. The molecule has 0 spiro atoms. The van der Waals surface area contributed by atoms with Crippen molar-refractivity contribution in [3.63, 3.8) is 0 Å². The molecule has 0 radical (unpaired) electrons. The van der Waals surface area contributed by atoms with Crippen molar-refractivity contribution in [3.8, 4) is 0 Å². The Bertz CT molecular complexity index is 1070. The van der Waals surface area contributed by atoms with E-state index >= 15 is 0 Å². The van der Waals surface area contributed by atoms with Gasteiger partial charge in [0.1, 0.15) is 18.4 Å². The Kier molecular flexibility index (Phi) is 4.90. The molecule has 1 N–H and O–H groups in total. The van der Waals surface area contributed by atoms with Gasteiger partial charge in [-0.15, -0.1) is 0 Å². The van der Waals surface area contributed by atoms with Crippen LogP contribution in [0.5, 0.6) is 0 Å². The highest BCUT2D eigenvalue weighted by atomic mass is 35.5. The van der Waals surface area contributed by atoms with Crippen molar-refractivity contribution in [1.82, 2.24) is 19.8 Å². The maximum atomic E-state index is 12.8. The molecule has 4 rings (SSSR count). The van der Waals surface area contributed by atoms with E-state index in [2.05, 4.69) is 10.3 Å². The molecule has 1 aliphatic rings. The third kappa shape index (κ3) is 3.52. The van der Waals surface area contributed by atoms with Crippen LogP contribution in [0.1, 0.15) is 38.1 Å². The number of carbonyl (C=O) groups is 3. The average Bonchev–Trinajstić information content (AvgIpc) is 3.24. The lowest BCUT2D eigenvalue weighted by Crippen LogP contribution is -2.42. The van der Waals surface area contributed by atoms with Crippen molar-refractivity contribution in [3.05, 3.63) is 88.5 Å². The number of imide groups is 1. The summed E-state index contributed by atoms with van der Waals surface area (Å²) < 4.78 is 1.79. The van der Waals surface area contributed by atoms with E-state index < -0.39 is 23.8 Å². The molecule has 8 heteroatoms. The zero-order chi connectivity index (χ0) is 20.5. The van der Waals surface area contributed by atoms with Crippen LogP contribution in [-0.4, -0.2) is 38.7 Å². The van der Waals surface area contributed by atoms with Crippen LogP contribution in [0.2, 0.25) is 5.02 Å². The van der Waals surface area contributed by atoms with Crippen molar-refractivity contribution in [2.45, 2.75) is 6.04 Å². The van der Waals surface area contributed by atoms with Gasteiger partial charge in [-0.25, -0.2) is 4.98 Å². The quantitative estimate of drug-likeness (QED) is 0.657. The number of hydrogen-bond donors (Lipinski definition) is 1. The fourth-order valence-electron chi connectivity index (χ4n) is 3.34. The van der Waals surface area contributed by atoms with Crippen molar-refractivity contribution in [2.24, 2.45) is 7.05 Å². The number of aryl methyl sites for hydroxylation is 1.